The van der Waals surface area contributed by atoms with E-state index in [0.717, 1.165) is 61.7 Å². The van der Waals surface area contributed by atoms with E-state index < -0.39 is 10.8 Å². The van der Waals surface area contributed by atoms with Gasteiger partial charge in [0.1, 0.15) is 0 Å². The Morgan fingerprint density at radius 2 is 0.653 bits per heavy atom. The fourth-order valence-electron chi connectivity index (χ4n) is 13.1. The maximum atomic E-state index is 5.35. The number of para-hydroxylation sites is 2. The fraction of sp³-hybridized carbons (Fsp3) is 0.0278. The molecule has 0 unspecified atom stereocenters. The van der Waals surface area contributed by atoms with Crippen molar-refractivity contribution in [2.24, 2.45) is 0 Å². The van der Waals surface area contributed by atoms with Crippen molar-refractivity contribution in [1.29, 1.82) is 0 Å². The van der Waals surface area contributed by atoms with Crippen LogP contribution in [0.15, 0.2) is 285 Å². The Kier molecular flexibility index (Phi) is 9.70. The van der Waals surface area contributed by atoms with Gasteiger partial charge in [-0.3, -0.25) is 0 Å². The average Bonchev–Trinajstić information content (AvgIpc) is 3.81. The molecule has 0 saturated carbocycles. The Balaban J connectivity index is 0.942. The van der Waals surface area contributed by atoms with Gasteiger partial charge >= 0.3 is 0 Å². The molecule has 2 aliphatic carbocycles. The van der Waals surface area contributed by atoms with Crippen LogP contribution in [-0.2, 0) is 10.8 Å². The maximum absolute atomic E-state index is 5.35. The van der Waals surface area contributed by atoms with Gasteiger partial charge in [0.15, 0.2) is 5.82 Å². The first-order chi connectivity index (χ1) is 37.2. The van der Waals surface area contributed by atoms with E-state index in [1.165, 1.54) is 61.3 Å². The van der Waals surface area contributed by atoms with E-state index in [9.17, 15) is 0 Å². The Morgan fingerprint density at radius 1 is 0.240 bits per heavy atom. The quantitative estimate of drug-likeness (QED) is 0.166. The Morgan fingerprint density at radius 3 is 1.25 bits per heavy atom. The van der Waals surface area contributed by atoms with Gasteiger partial charge in [-0.1, -0.05) is 249 Å². The van der Waals surface area contributed by atoms with Crippen LogP contribution in [0.2, 0.25) is 0 Å². The number of hydrogen-bond donors (Lipinski definition) is 0. The molecule has 3 nitrogen and oxygen atoms in total. The summed E-state index contributed by atoms with van der Waals surface area (Å²) in [6.45, 7) is 0. The number of nitrogens with zero attached hydrogens (tertiary/aromatic N) is 3. The van der Waals surface area contributed by atoms with E-state index in [1.807, 2.05) is 6.07 Å². The molecule has 0 radical (unpaired) electrons. The lowest BCUT2D eigenvalue weighted by molar-refractivity contribution is 0.619. The highest BCUT2D eigenvalue weighted by molar-refractivity contribution is 5.95. The molecule has 0 fully saturated rings. The van der Waals surface area contributed by atoms with Crippen molar-refractivity contribution in [2.45, 2.75) is 10.8 Å². The molecule has 2 heterocycles. The molecule has 12 aromatic rings. The maximum Gasteiger partial charge on any atom is 0.160 e. The van der Waals surface area contributed by atoms with Gasteiger partial charge in [0.05, 0.1) is 33.6 Å². The van der Waals surface area contributed by atoms with Crippen molar-refractivity contribution in [3.05, 3.63) is 330 Å². The number of fused-ring (bicyclic) bond motifs is 15. The van der Waals surface area contributed by atoms with Crippen molar-refractivity contribution < 1.29 is 0 Å². The Labute approximate surface area is 437 Å². The summed E-state index contributed by atoms with van der Waals surface area (Å²) < 4.78 is 0. The molecule has 0 saturated heterocycles. The van der Waals surface area contributed by atoms with Gasteiger partial charge in [0, 0.05) is 22.4 Å². The predicted octanol–water partition coefficient (Wildman–Crippen LogP) is 17.7. The summed E-state index contributed by atoms with van der Waals surface area (Å²) in [5, 5.41) is 0. The van der Waals surface area contributed by atoms with E-state index >= 15 is 0 Å². The van der Waals surface area contributed by atoms with Crippen LogP contribution in [0, 0.1) is 0 Å². The molecule has 15 rings (SSSR count). The first-order valence-corrected chi connectivity index (χ1v) is 25.9. The van der Waals surface area contributed by atoms with Gasteiger partial charge in [0.2, 0.25) is 0 Å². The lowest BCUT2D eigenvalue weighted by atomic mass is 9.50. The minimum absolute atomic E-state index is 0.534. The minimum Gasteiger partial charge on any atom is -0.310 e. The summed E-state index contributed by atoms with van der Waals surface area (Å²) in [5.41, 5.74) is 24.5. The van der Waals surface area contributed by atoms with Gasteiger partial charge in [0.25, 0.3) is 0 Å². The molecule has 2 spiro atoms. The summed E-state index contributed by atoms with van der Waals surface area (Å²) in [7, 11) is 0. The lowest BCUT2D eigenvalue weighted by Gasteiger charge is -2.53. The minimum atomic E-state index is -0.698. The molecule has 0 atom stereocenters. The third-order valence-electron chi connectivity index (χ3n) is 16.2. The van der Waals surface area contributed by atoms with E-state index in [1.54, 1.807) is 0 Å². The monoisotopic (exact) mass is 953 g/mol. The second-order valence-corrected chi connectivity index (χ2v) is 19.9. The van der Waals surface area contributed by atoms with Crippen LogP contribution >= 0.6 is 0 Å². The lowest BCUT2D eigenvalue weighted by Crippen LogP contribution is -2.47. The molecular weight excluding hydrogens is 907 g/mol. The van der Waals surface area contributed by atoms with E-state index in [4.69, 9.17) is 9.97 Å². The third-order valence-corrected chi connectivity index (χ3v) is 16.2. The van der Waals surface area contributed by atoms with Crippen molar-refractivity contribution in [1.82, 2.24) is 9.97 Å². The molecular formula is C72H47N3. The van der Waals surface area contributed by atoms with Crippen molar-refractivity contribution in [2.75, 3.05) is 4.90 Å². The van der Waals surface area contributed by atoms with Crippen molar-refractivity contribution >= 4 is 17.1 Å². The Hall–Kier alpha value is -9.70. The number of hydrogen-bond acceptors (Lipinski definition) is 3. The van der Waals surface area contributed by atoms with Gasteiger partial charge in [-0.05, 0) is 114 Å². The average molecular weight is 954 g/mol. The third kappa shape index (κ3) is 6.28. The highest BCUT2D eigenvalue weighted by Crippen LogP contribution is 2.67. The standard InChI is InChI=1S/C72H47N3/c1-4-22-49(23-5-1)54-28-10-11-31-57(54)67-47-66(50-24-6-2-7-25-50)73-70(74-67)51-42-40-48(41-43-51)52-44-45-69-65(46-52)72(64-38-20-21-39-68(64)75(69)53-26-8-3-9-27-53)62-36-18-16-34-60(62)71(61-35-17-19-37-63(61)72)58-32-14-12-29-55(58)56-30-13-15-33-59(56)71/h1-47H. The molecule has 75 heavy (non-hydrogen) atoms. The summed E-state index contributed by atoms with van der Waals surface area (Å²) in [4.78, 5) is 13.1. The van der Waals surface area contributed by atoms with E-state index in [0.29, 0.717) is 5.82 Å². The SMILES string of the molecule is c1ccc(-c2cc(-c3ccccc3-c3ccccc3)nc(-c3ccc(-c4ccc5c(c4)C4(c6ccccc6N5c5ccccc5)c5ccccc5C5(c6ccccc6-c6ccccc65)c5ccccc54)cc3)n2)cc1. The highest BCUT2D eigenvalue weighted by Gasteiger charge is 2.58. The van der Waals surface area contributed by atoms with Gasteiger partial charge < -0.3 is 4.90 Å². The summed E-state index contributed by atoms with van der Waals surface area (Å²) in [5.74, 6) is 0.680. The zero-order valence-electron chi connectivity index (χ0n) is 41.0. The molecule has 0 N–H and O–H groups in total. The number of rotatable bonds is 6. The highest BCUT2D eigenvalue weighted by atomic mass is 15.2. The molecule has 3 heteroatoms. The van der Waals surface area contributed by atoms with Crippen LogP contribution in [0.4, 0.5) is 17.1 Å². The summed E-state index contributed by atoms with van der Waals surface area (Å²) in [6, 6.07) is 105. The van der Waals surface area contributed by atoms with Gasteiger partial charge in [-0.15, -0.1) is 0 Å². The molecule has 350 valence electrons. The van der Waals surface area contributed by atoms with Gasteiger partial charge in [-0.25, -0.2) is 9.97 Å². The molecule has 0 amide bonds. The van der Waals surface area contributed by atoms with Crippen LogP contribution in [0.1, 0.15) is 44.5 Å². The van der Waals surface area contributed by atoms with E-state index in [2.05, 4.69) is 284 Å². The van der Waals surface area contributed by atoms with Crippen LogP contribution in [0.5, 0.6) is 0 Å². The number of benzene rings is 11. The second kappa shape index (κ2) is 16.9. The van der Waals surface area contributed by atoms with E-state index in [-0.39, 0.29) is 0 Å². The number of anilines is 3. The Bertz CT molecular complexity index is 4090. The zero-order chi connectivity index (χ0) is 49.5. The normalized spacial score (nSPS) is 13.8. The first kappa shape index (κ1) is 42.9. The summed E-state index contributed by atoms with van der Waals surface area (Å²) in [6.07, 6.45) is 0. The number of aromatic nitrogens is 2. The van der Waals surface area contributed by atoms with Crippen LogP contribution in [0.25, 0.3) is 67.3 Å². The largest absolute Gasteiger partial charge is 0.310 e. The molecule has 3 aliphatic rings. The van der Waals surface area contributed by atoms with Crippen LogP contribution in [0.3, 0.4) is 0 Å². The molecule has 1 aliphatic heterocycles. The van der Waals surface area contributed by atoms with Crippen LogP contribution in [-0.4, -0.2) is 9.97 Å². The van der Waals surface area contributed by atoms with Crippen molar-refractivity contribution in [3.8, 4) is 67.3 Å². The summed E-state index contributed by atoms with van der Waals surface area (Å²) >= 11 is 0. The molecule has 11 aromatic carbocycles. The predicted molar refractivity (Wildman–Crippen MR) is 307 cm³/mol. The second-order valence-electron chi connectivity index (χ2n) is 19.9. The van der Waals surface area contributed by atoms with Gasteiger partial charge in [-0.2, -0.15) is 0 Å². The topological polar surface area (TPSA) is 29.0 Å². The van der Waals surface area contributed by atoms with Crippen LogP contribution < -0.4 is 4.90 Å². The van der Waals surface area contributed by atoms with Crippen molar-refractivity contribution in [3.63, 3.8) is 0 Å². The molecule has 1 aromatic heterocycles. The smallest absolute Gasteiger partial charge is 0.160 e. The zero-order valence-corrected chi connectivity index (χ0v) is 41.0. The fourth-order valence-corrected chi connectivity index (χ4v) is 13.1. The first-order valence-electron chi connectivity index (χ1n) is 25.9. The molecule has 0 bridgehead atoms.